The molecule has 0 saturated heterocycles. The van der Waals surface area contributed by atoms with Crippen molar-refractivity contribution in [2.45, 2.75) is 37.8 Å². The van der Waals surface area contributed by atoms with Gasteiger partial charge in [-0.05, 0) is 25.0 Å². The number of benzene rings is 1. The van der Waals surface area contributed by atoms with Gasteiger partial charge in [-0.25, -0.2) is 9.97 Å². The number of H-pyrrole nitrogens is 1. The predicted octanol–water partition coefficient (Wildman–Crippen LogP) is 2.37. The van der Waals surface area contributed by atoms with E-state index in [0.29, 0.717) is 22.9 Å². The molecule has 8 nitrogen and oxygen atoms in total. The van der Waals surface area contributed by atoms with Crippen molar-refractivity contribution in [1.82, 2.24) is 29.5 Å². The molecule has 5 rings (SSSR count). The molecule has 0 bridgehead atoms. The molecule has 1 saturated carbocycles. The van der Waals surface area contributed by atoms with Gasteiger partial charge >= 0.3 is 0 Å². The number of nitrogens with zero attached hydrogens (tertiary/aromatic N) is 5. The molecular weight excluding hydrogens is 328 g/mol. The molecule has 8 heteroatoms. The fourth-order valence-electron chi connectivity index (χ4n) is 3.69. The topological polar surface area (TPSA) is 110 Å². The smallest absolute Gasteiger partial charge is 0.227 e. The fraction of sp³-hybridized carbons (Fsp3) is 0.333. The predicted molar refractivity (Wildman–Crippen MR) is 100 cm³/mol. The van der Waals surface area contributed by atoms with E-state index in [9.17, 15) is 0 Å². The Morgan fingerprint density at radius 2 is 2.00 bits per heavy atom. The van der Waals surface area contributed by atoms with E-state index in [4.69, 9.17) is 10.7 Å². The van der Waals surface area contributed by atoms with Gasteiger partial charge in [-0.2, -0.15) is 9.97 Å². The molecule has 1 aromatic carbocycles. The van der Waals surface area contributed by atoms with Crippen LogP contribution in [0.2, 0.25) is 0 Å². The number of rotatable bonds is 3. The van der Waals surface area contributed by atoms with Gasteiger partial charge < -0.3 is 16.0 Å². The minimum atomic E-state index is 0.127. The number of hydrogen-bond donors (Lipinski definition) is 3. The highest BCUT2D eigenvalue weighted by Gasteiger charge is 2.23. The molecule has 4 aromatic rings. The number of anilines is 1. The number of fused-ring (bicyclic) bond motifs is 2. The summed E-state index contributed by atoms with van der Waals surface area (Å²) in [7, 11) is 0. The largest absolute Gasteiger partial charge is 0.350 e. The highest BCUT2D eigenvalue weighted by molar-refractivity contribution is 5.84. The van der Waals surface area contributed by atoms with Crippen molar-refractivity contribution >= 4 is 28.1 Å². The lowest BCUT2D eigenvalue weighted by Crippen LogP contribution is -2.43. The summed E-state index contributed by atoms with van der Waals surface area (Å²) in [5.74, 6) is 1.27. The first-order valence-corrected chi connectivity index (χ1v) is 8.95. The summed E-state index contributed by atoms with van der Waals surface area (Å²) in [5, 5.41) is 3.43. The monoisotopic (exact) mass is 348 g/mol. The maximum atomic E-state index is 6.27. The van der Waals surface area contributed by atoms with Crippen molar-refractivity contribution in [2.75, 3.05) is 5.32 Å². The molecule has 26 heavy (non-hydrogen) atoms. The third-order valence-corrected chi connectivity index (χ3v) is 5.08. The zero-order valence-corrected chi connectivity index (χ0v) is 14.3. The Kier molecular flexibility index (Phi) is 3.56. The van der Waals surface area contributed by atoms with Crippen molar-refractivity contribution in [2.24, 2.45) is 5.73 Å². The van der Waals surface area contributed by atoms with Crippen LogP contribution in [-0.4, -0.2) is 41.6 Å². The number of aromatic nitrogens is 6. The minimum absolute atomic E-state index is 0.127. The van der Waals surface area contributed by atoms with Crippen LogP contribution in [-0.2, 0) is 0 Å². The zero-order valence-electron chi connectivity index (χ0n) is 14.3. The van der Waals surface area contributed by atoms with Crippen LogP contribution in [0.5, 0.6) is 0 Å². The van der Waals surface area contributed by atoms with Gasteiger partial charge in [-0.1, -0.05) is 25.0 Å². The standard InChI is InChI=1S/C18H20N8/c19-11-5-1-2-6-12(11)23-18-24-16-15(20-9-21-16)17(25-18)26-10-22-13-7-3-4-8-14(13)26/h3-4,7-12H,1-2,5-6,19H2,(H2,20,21,23,24,25)/t11-,12+/m0/s1. The van der Waals surface area contributed by atoms with Crippen LogP contribution in [0.15, 0.2) is 36.9 Å². The van der Waals surface area contributed by atoms with Gasteiger partial charge in [-0.15, -0.1) is 0 Å². The van der Waals surface area contributed by atoms with Crippen LogP contribution in [0.4, 0.5) is 5.95 Å². The first-order chi connectivity index (χ1) is 12.8. The summed E-state index contributed by atoms with van der Waals surface area (Å²) in [6.07, 6.45) is 7.84. The summed E-state index contributed by atoms with van der Waals surface area (Å²) >= 11 is 0. The summed E-state index contributed by atoms with van der Waals surface area (Å²) in [6, 6.07) is 8.28. The van der Waals surface area contributed by atoms with E-state index >= 15 is 0 Å². The van der Waals surface area contributed by atoms with Crippen molar-refractivity contribution in [3.8, 4) is 5.82 Å². The molecule has 1 fully saturated rings. The minimum Gasteiger partial charge on any atom is -0.350 e. The molecule has 4 N–H and O–H groups in total. The number of nitrogens with one attached hydrogen (secondary N) is 2. The SMILES string of the molecule is N[C@H]1CCCC[C@H]1Nc1nc(-n2cnc3ccccc32)c2nc[nH]c2n1. The van der Waals surface area contributed by atoms with Crippen molar-refractivity contribution in [1.29, 1.82) is 0 Å². The normalized spacial score (nSPS) is 20.7. The molecule has 132 valence electrons. The molecule has 3 aromatic heterocycles. The van der Waals surface area contributed by atoms with E-state index in [0.717, 1.165) is 23.9 Å². The highest BCUT2D eigenvalue weighted by Crippen LogP contribution is 2.24. The summed E-state index contributed by atoms with van der Waals surface area (Å²) in [5.41, 5.74) is 9.58. The van der Waals surface area contributed by atoms with Gasteiger partial charge in [0.1, 0.15) is 6.33 Å². The molecule has 0 amide bonds. The van der Waals surface area contributed by atoms with Gasteiger partial charge in [0, 0.05) is 12.1 Å². The van der Waals surface area contributed by atoms with Crippen LogP contribution in [0, 0.1) is 0 Å². The van der Waals surface area contributed by atoms with Crippen molar-refractivity contribution in [3.63, 3.8) is 0 Å². The number of aromatic amines is 1. The van der Waals surface area contributed by atoms with Gasteiger partial charge in [0.15, 0.2) is 17.0 Å². The van der Waals surface area contributed by atoms with E-state index in [1.165, 1.54) is 12.8 Å². The summed E-state index contributed by atoms with van der Waals surface area (Å²) in [6.45, 7) is 0. The molecule has 0 radical (unpaired) electrons. The second-order valence-electron chi connectivity index (χ2n) is 6.77. The molecule has 0 aliphatic heterocycles. The lowest BCUT2D eigenvalue weighted by molar-refractivity contribution is 0.402. The average molecular weight is 348 g/mol. The molecule has 3 heterocycles. The molecule has 2 atom stereocenters. The third kappa shape index (κ3) is 2.50. The molecule has 1 aliphatic carbocycles. The fourth-order valence-corrected chi connectivity index (χ4v) is 3.69. The summed E-state index contributed by atoms with van der Waals surface area (Å²) < 4.78 is 1.95. The Bertz CT molecular complexity index is 1070. The molecule has 0 unspecified atom stereocenters. The van der Waals surface area contributed by atoms with Gasteiger partial charge in [0.05, 0.1) is 17.4 Å². The maximum Gasteiger partial charge on any atom is 0.227 e. The maximum absolute atomic E-state index is 6.27. The van der Waals surface area contributed by atoms with E-state index < -0.39 is 0 Å². The van der Waals surface area contributed by atoms with Crippen LogP contribution in [0.1, 0.15) is 25.7 Å². The number of hydrogen-bond acceptors (Lipinski definition) is 6. The van der Waals surface area contributed by atoms with Gasteiger partial charge in [0.25, 0.3) is 0 Å². The number of nitrogens with two attached hydrogens (primary N) is 1. The highest BCUT2D eigenvalue weighted by atomic mass is 15.2. The van der Waals surface area contributed by atoms with Crippen LogP contribution in [0.3, 0.4) is 0 Å². The molecule has 0 spiro atoms. The van der Waals surface area contributed by atoms with Gasteiger partial charge in [-0.3, -0.25) is 4.57 Å². The second-order valence-corrected chi connectivity index (χ2v) is 6.77. The van der Waals surface area contributed by atoms with Crippen molar-refractivity contribution < 1.29 is 0 Å². The van der Waals surface area contributed by atoms with E-state index in [1.54, 1.807) is 12.7 Å². The first-order valence-electron chi connectivity index (χ1n) is 8.95. The first kappa shape index (κ1) is 15.3. The quantitative estimate of drug-likeness (QED) is 0.524. The Hall–Kier alpha value is -3.00. The lowest BCUT2D eigenvalue weighted by atomic mass is 9.91. The van der Waals surface area contributed by atoms with Crippen LogP contribution < -0.4 is 11.1 Å². The summed E-state index contributed by atoms with van der Waals surface area (Å²) in [4.78, 5) is 21.3. The van der Waals surface area contributed by atoms with Crippen molar-refractivity contribution in [3.05, 3.63) is 36.9 Å². The average Bonchev–Trinajstić information content (AvgIpc) is 3.30. The Morgan fingerprint density at radius 1 is 1.12 bits per heavy atom. The van der Waals surface area contributed by atoms with Gasteiger partial charge in [0.2, 0.25) is 5.95 Å². The number of para-hydroxylation sites is 2. The van der Waals surface area contributed by atoms with Crippen LogP contribution >= 0.6 is 0 Å². The Morgan fingerprint density at radius 3 is 2.92 bits per heavy atom. The lowest BCUT2D eigenvalue weighted by Gasteiger charge is -2.29. The number of imidazole rings is 2. The molecular formula is C18H20N8. The van der Waals surface area contributed by atoms with Crippen LogP contribution in [0.25, 0.3) is 28.0 Å². The van der Waals surface area contributed by atoms with E-state index in [1.807, 2.05) is 28.8 Å². The second kappa shape index (κ2) is 6.06. The molecule has 1 aliphatic rings. The van der Waals surface area contributed by atoms with E-state index in [2.05, 4.69) is 25.3 Å². The Labute approximate surface area is 149 Å². The Balaban J connectivity index is 1.61. The van der Waals surface area contributed by atoms with E-state index in [-0.39, 0.29) is 12.1 Å². The third-order valence-electron chi connectivity index (χ3n) is 5.08. The zero-order chi connectivity index (χ0) is 17.5.